The van der Waals surface area contributed by atoms with E-state index in [-0.39, 0.29) is 17.6 Å². The van der Waals surface area contributed by atoms with Crippen LogP contribution in [-0.4, -0.2) is 31.4 Å². The zero-order chi connectivity index (χ0) is 11.7. The molecule has 0 radical (unpaired) electrons. The van der Waals surface area contributed by atoms with Crippen LogP contribution in [-0.2, 0) is 14.3 Å². The molecule has 0 unspecified atom stereocenters. The third-order valence-corrected chi connectivity index (χ3v) is 1.99. The number of carbonyl (C=O) groups excluding carboxylic acids is 2. The first kappa shape index (κ1) is 14.1. The van der Waals surface area contributed by atoms with Crippen molar-refractivity contribution in [1.29, 1.82) is 0 Å². The van der Waals surface area contributed by atoms with Crippen LogP contribution in [0.1, 0.15) is 33.6 Å². The molecular weight excluding hydrogens is 194 g/mol. The largest absolute Gasteiger partial charge is 0.379 e. The number of carbonyl (C=O) groups is 2. The molecule has 4 heteroatoms. The molecule has 0 aliphatic heterocycles. The number of amides is 1. The van der Waals surface area contributed by atoms with Crippen molar-refractivity contribution in [3.63, 3.8) is 0 Å². The van der Waals surface area contributed by atoms with Gasteiger partial charge in [0, 0.05) is 25.3 Å². The van der Waals surface area contributed by atoms with E-state index in [0.717, 1.165) is 0 Å². The van der Waals surface area contributed by atoms with Gasteiger partial charge in [0.1, 0.15) is 5.78 Å². The van der Waals surface area contributed by atoms with Gasteiger partial charge in [0.15, 0.2) is 0 Å². The Hall–Kier alpha value is -0.900. The van der Waals surface area contributed by atoms with E-state index in [1.54, 1.807) is 0 Å². The standard InChI is InChI=1S/C11H21NO3/c1-4-10(13)5-7-15-8-6-12-11(14)9(2)3/h9H,4-8H2,1-3H3,(H,12,14). The Morgan fingerprint density at radius 2 is 1.93 bits per heavy atom. The summed E-state index contributed by atoms with van der Waals surface area (Å²) in [6, 6.07) is 0. The number of Topliss-reactive ketones (excluding diaryl/α,β-unsaturated/α-hetero) is 1. The fourth-order valence-electron chi connectivity index (χ4n) is 0.915. The van der Waals surface area contributed by atoms with Gasteiger partial charge in [-0.2, -0.15) is 0 Å². The number of ether oxygens (including phenoxy) is 1. The first-order valence-corrected chi connectivity index (χ1v) is 5.45. The van der Waals surface area contributed by atoms with Gasteiger partial charge in [0.05, 0.1) is 13.2 Å². The van der Waals surface area contributed by atoms with Gasteiger partial charge < -0.3 is 10.1 Å². The number of hydrogen-bond acceptors (Lipinski definition) is 3. The zero-order valence-electron chi connectivity index (χ0n) is 9.84. The van der Waals surface area contributed by atoms with Crippen LogP contribution in [0.15, 0.2) is 0 Å². The van der Waals surface area contributed by atoms with Crippen LogP contribution in [0.25, 0.3) is 0 Å². The molecule has 0 aliphatic carbocycles. The first-order valence-electron chi connectivity index (χ1n) is 5.45. The van der Waals surface area contributed by atoms with E-state index < -0.39 is 0 Å². The van der Waals surface area contributed by atoms with Crippen molar-refractivity contribution in [3.8, 4) is 0 Å². The highest BCUT2D eigenvalue weighted by atomic mass is 16.5. The van der Waals surface area contributed by atoms with Crippen molar-refractivity contribution in [2.75, 3.05) is 19.8 Å². The third-order valence-electron chi connectivity index (χ3n) is 1.99. The second kappa shape index (κ2) is 8.41. The Balaban J connectivity index is 3.25. The summed E-state index contributed by atoms with van der Waals surface area (Å²) in [5.41, 5.74) is 0. The maximum absolute atomic E-state index is 11.1. The number of rotatable bonds is 8. The maximum atomic E-state index is 11.1. The van der Waals surface area contributed by atoms with E-state index in [9.17, 15) is 9.59 Å². The van der Waals surface area contributed by atoms with Gasteiger partial charge in [-0.15, -0.1) is 0 Å². The molecule has 4 nitrogen and oxygen atoms in total. The monoisotopic (exact) mass is 215 g/mol. The Morgan fingerprint density at radius 3 is 2.47 bits per heavy atom. The van der Waals surface area contributed by atoms with Crippen molar-refractivity contribution < 1.29 is 14.3 Å². The van der Waals surface area contributed by atoms with Gasteiger partial charge >= 0.3 is 0 Å². The van der Waals surface area contributed by atoms with Gasteiger partial charge in [-0.3, -0.25) is 9.59 Å². The highest BCUT2D eigenvalue weighted by Gasteiger charge is 2.04. The molecule has 88 valence electrons. The summed E-state index contributed by atoms with van der Waals surface area (Å²) in [5, 5.41) is 2.74. The Labute approximate surface area is 91.4 Å². The van der Waals surface area contributed by atoms with Gasteiger partial charge in [-0.1, -0.05) is 20.8 Å². The Bertz CT molecular complexity index is 202. The SMILES string of the molecule is CCC(=O)CCOCCNC(=O)C(C)C. The molecule has 0 aromatic carbocycles. The zero-order valence-corrected chi connectivity index (χ0v) is 9.84. The molecule has 15 heavy (non-hydrogen) atoms. The average molecular weight is 215 g/mol. The highest BCUT2D eigenvalue weighted by molar-refractivity contribution is 5.78. The van der Waals surface area contributed by atoms with Crippen LogP contribution in [0, 0.1) is 5.92 Å². The van der Waals surface area contributed by atoms with Gasteiger partial charge in [-0.05, 0) is 0 Å². The molecule has 0 saturated carbocycles. The molecule has 0 bridgehead atoms. The lowest BCUT2D eigenvalue weighted by molar-refractivity contribution is -0.124. The van der Waals surface area contributed by atoms with E-state index in [1.165, 1.54) is 0 Å². The minimum absolute atomic E-state index is 0.00618. The maximum Gasteiger partial charge on any atom is 0.222 e. The molecule has 0 fully saturated rings. The van der Waals surface area contributed by atoms with E-state index >= 15 is 0 Å². The predicted octanol–water partition coefficient (Wildman–Crippen LogP) is 1.14. The molecule has 0 aromatic heterocycles. The number of ketones is 1. The van der Waals surface area contributed by atoms with Crippen LogP contribution in [0.2, 0.25) is 0 Å². The second-order valence-corrected chi connectivity index (χ2v) is 3.70. The average Bonchev–Trinajstić information content (AvgIpc) is 2.22. The third kappa shape index (κ3) is 8.12. The summed E-state index contributed by atoms with van der Waals surface area (Å²) in [5.74, 6) is 0.246. The van der Waals surface area contributed by atoms with Gasteiger partial charge in [0.2, 0.25) is 5.91 Å². The minimum Gasteiger partial charge on any atom is -0.379 e. The van der Waals surface area contributed by atoms with Crippen molar-refractivity contribution in [1.82, 2.24) is 5.32 Å². The van der Waals surface area contributed by atoms with E-state index in [2.05, 4.69) is 5.32 Å². The lowest BCUT2D eigenvalue weighted by atomic mass is 10.2. The second-order valence-electron chi connectivity index (χ2n) is 3.70. The first-order chi connectivity index (χ1) is 7.07. The van der Waals surface area contributed by atoms with Crippen LogP contribution in [0.3, 0.4) is 0 Å². The number of hydrogen-bond donors (Lipinski definition) is 1. The summed E-state index contributed by atoms with van der Waals surface area (Å²) in [7, 11) is 0. The summed E-state index contributed by atoms with van der Waals surface area (Å²) in [6.07, 6.45) is 1.03. The lowest BCUT2D eigenvalue weighted by Crippen LogP contribution is -2.30. The molecule has 1 amide bonds. The van der Waals surface area contributed by atoms with Crippen LogP contribution < -0.4 is 5.32 Å². The lowest BCUT2D eigenvalue weighted by Gasteiger charge is -2.07. The van der Waals surface area contributed by atoms with Crippen molar-refractivity contribution in [2.45, 2.75) is 33.6 Å². The van der Waals surface area contributed by atoms with Crippen LogP contribution in [0.4, 0.5) is 0 Å². The van der Waals surface area contributed by atoms with Crippen molar-refractivity contribution in [2.24, 2.45) is 5.92 Å². The minimum atomic E-state index is 0.00618. The molecule has 0 heterocycles. The Kier molecular flexibility index (Phi) is 7.91. The molecule has 0 aromatic rings. The molecule has 1 N–H and O–H groups in total. The van der Waals surface area contributed by atoms with E-state index in [4.69, 9.17) is 4.74 Å². The molecule has 0 saturated heterocycles. The van der Waals surface area contributed by atoms with E-state index in [1.807, 2.05) is 20.8 Å². The summed E-state index contributed by atoms with van der Waals surface area (Å²) in [6.45, 7) is 6.95. The van der Waals surface area contributed by atoms with Crippen LogP contribution >= 0.6 is 0 Å². The molecule has 0 rings (SSSR count). The highest BCUT2D eigenvalue weighted by Crippen LogP contribution is 1.91. The summed E-state index contributed by atoms with van der Waals surface area (Å²) < 4.78 is 5.20. The van der Waals surface area contributed by atoms with E-state index in [0.29, 0.717) is 32.6 Å². The number of nitrogens with one attached hydrogen (secondary N) is 1. The summed E-state index contributed by atoms with van der Waals surface area (Å²) >= 11 is 0. The van der Waals surface area contributed by atoms with Gasteiger partial charge in [-0.25, -0.2) is 0 Å². The molecule has 0 aliphatic rings. The van der Waals surface area contributed by atoms with Crippen molar-refractivity contribution in [3.05, 3.63) is 0 Å². The molecular formula is C11H21NO3. The molecule has 0 atom stereocenters. The predicted molar refractivity (Wildman–Crippen MR) is 58.6 cm³/mol. The van der Waals surface area contributed by atoms with Gasteiger partial charge in [0.25, 0.3) is 0 Å². The fourth-order valence-corrected chi connectivity index (χ4v) is 0.915. The quantitative estimate of drug-likeness (QED) is 0.618. The normalized spacial score (nSPS) is 10.4. The molecule has 0 spiro atoms. The van der Waals surface area contributed by atoms with Crippen LogP contribution in [0.5, 0.6) is 0 Å². The van der Waals surface area contributed by atoms with Crippen molar-refractivity contribution >= 4 is 11.7 Å². The Morgan fingerprint density at radius 1 is 1.27 bits per heavy atom. The summed E-state index contributed by atoms with van der Waals surface area (Å²) in [4.78, 5) is 22.0. The smallest absolute Gasteiger partial charge is 0.222 e. The topological polar surface area (TPSA) is 55.4 Å². The fraction of sp³-hybridized carbons (Fsp3) is 0.818.